The van der Waals surface area contributed by atoms with Crippen molar-refractivity contribution in [3.8, 4) is 5.75 Å². The lowest BCUT2D eigenvalue weighted by Gasteiger charge is -2.32. The number of nitrogens with zero attached hydrogens (tertiary/aromatic N) is 3. The van der Waals surface area contributed by atoms with E-state index in [0.29, 0.717) is 36.1 Å². The molecule has 0 spiro atoms. The Balaban J connectivity index is 1.47. The maximum atomic E-state index is 13.8. The fourth-order valence-electron chi connectivity index (χ4n) is 5.11. The van der Waals surface area contributed by atoms with Crippen LogP contribution in [0.15, 0.2) is 41.3 Å². The van der Waals surface area contributed by atoms with Crippen LogP contribution in [0.1, 0.15) is 54.9 Å². The van der Waals surface area contributed by atoms with E-state index in [9.17, 15) is 13.2 Å². The van der Waals surface area contributed by atoms with Gasteiger partial charge in [0, 0.05) is 24.8 Å². The molecular weight excluding hydrogens is 510 g/mol. The number of amides is 1. The lowest BCUT2D eigenvalue weighted by atomic mass is 10.1. The van der Waals surface area contributed by atoms with Crippen molar-refractivity contribution >= 4 is 42.6 Å². The second-order valence-electron chi connectivity index (χ2n) is 9.79. The van der Waals surface area contributed by atoms with Gasteiger partial charge in [0.2, 0.25) is 10.0 Å². The first-order valence-electron chi connectivity index (χ1n) is 12.8. The number of carbonyl (C=O) groups excluding carboxylic acids is 1. The van der Waals surface area contributed by atoms with Gasteiger partial charge < -0.3 is 9.47 Å². The minimum atomic E-state index is -3.61. The van der Waals surface area contributed by atoms with Gasteiger partial charge in [-0.15, -0.1) is 0 Å². The van der Waals surface area contributed by atoms with E-state index in [0.717, 1.165) is 47.9 Å². The van der Waals surface area contributed by atoms with Gasteiger partial charge in [-0.25, -0.2) is 13.4 Å². The number of ether oxygens (including phenoxy) is 2. The monoisotopic (exact) mass is 543 g/mol. The molecule has 0 aliphatic carbocycles. The first kappa shape index (κ1) is 26.1. The van der Waals surface area contributed by atoms with E-state index < -0.39 is 10.0 Å². The Labute approximate surface area is 222 Å². The zero-order chi connectivity index (χ0) is 26.2. The van der Waals surface area contributed by atoms with Crippen molar-refractivity contribution in [1.82, 2.24) is 9.29 Å². The molecule has 2 unspecified atom stereocenters. The maximum absolute atomic E-state index is 13.8. The van der Waals surface area contributed by atoms with E-state index in [-0.39, 0.29) is 22.9 Å². The summed E-state index contributed by atoms with van der Waals surface area (Å²) in [5, 5.41) is 0.571. The molecule has 5 rings (SSSR count). The molecule has 198 valence electrons. The van der Waals surface area contributed by atoms with Gasteiger partial charge in [0.15, 0.2) is 5.13 Å². The number of hydrogen-bond donors (Lipinski definition) is 0. The van der Waals surface area contributed by atoms with Crippen LogP contribution in [0, 0.1) is 6.92 Å². The number of benzene rings is 2. The van der Waals surface area contributed by atoms with Gasteiger partial charge in [-0.3, -0.25) is 9.69 Å². The average molecular weight is 544 g/mol. The number of thiazole rings is 1. The molecule has 8 nitrogen and oxygen atoms in total. The lowest BCUT2D eigenvalue weighted by molar-refractivity contribution is 0.0917. The number of sulfonamides is 1. The molecule has 0 bridgehead atoms. The highest BCUT2D eigenvalue weighted by molar-refractivity contribution is 7.89. The third-order valence-corrected chi connectivity index (χ3v) is 10.5. The van der Waals surface area contributed by atoms with Crippen LogP contribution in [-0.2, 0) is 14.8 Å². The van der Waals surface area contributed by atoms with Crippen molar-refractivity contribution in [2.75, 3.05) is 31.7 Å². The van der Waals surface area contributed by atoms with Gasteiger partial charge in [0.1, 0.15) is 11.3 Å². The zero-order valence-corrected chi connectivity index (χ0v) is 23.1. The highest BCUT2D eigenvalue weighted by atomic mass is 32.2. The molecule has 10 heteroatoms. The fourth-order valence-corrected chi connectivity index (χ4v) is 7.87. The molecule has 2 saturated heterocycles. The number of rotatable bonds is 7. The van der Waals surface area contributed by atoms with E-state index in [1.165, 1.54) is 11.3 Å². The lowest BCUT2D eigenvalue weighted by Crippen LogP contribution is -2.42. The van der Waals surface area contributed by atoms with Crippen LogP contribution in [0.2, 0.25) is 0 Å². The van der Waals surface area contributed by atoms with Crippen molar-refractivity contribution in [3.63, 3.8) is 0 Å². The van der Waals surface area contributed by atoms with Crippen molar-refractivity contribution in [3.05, 3.63) is 47.5 Å². The molecule has 3 aromatic rings. The van der Waals surface area contributed by atoms with Crippen LogP contribution in [0.3, 0.4) is 0 Å². The molecule has 2 aliphatic heterocycles. The van der Waals surface area contributed by atoms with Crippen LogP contribution in [0.4, 0.5) is 5.13 Å². The molecule has 2 aromatic carbocycles. The van der Waals surface area contributed by atoms with Gasteiger partial charge in [0.05, 0.1) is 29.4 Å². The summed E-state index contributed by atoms with van der Waals surface area (Å²) in [7, 11) is -2.00. The smallest absolute Gasteiger partial charge is 0.260 e. The van der Waals surface area contributed by atoms with Crippen LogP contribution >= 0.6 is 11.3 Å². The maximum Gasteiger partial charge on any atom is 0.260 e. The van der Waals surface area contributed by atoms with E-state index >= 15 is 0 Å². The van der Waals surface area contributed by atoms with Crippen molar-refractivity contribution in [2.45, 2.75) is 63.0 Å². The Bertz CT molecular complexity index is 1380. The predicted molar refractivity (Wildman–Crippen MR) is 145 cm³/mol. The number of fused-ring (bicyclic) bond motifs is 1. The van der Waals surface area contributed by atoms with Crippen LogP contribution < -0.4 is 9.64 Å². The summed E-state index contributed by atoms with van der Waals surface area (Å²) in [6.07, 6.45) is 4.53. The van der Waals surface area contributed by atoms with Crippen molar-refractivity contribution < 1.29 is 22.7 Å². The van der Waals surface area contributed by atoms with Crippen LogP contribution in [0.5, 0.6) is 5.75 Å². The summed E-state index contributed by atoms with van der Waals surface area (Å²) in [5.41, 5.74) is 2.20. The molecule has 0 radical (unpaired) electrons. The molecule has 1 aromatic heterocycles. The zero-order valence-electron chi connectivity index (χ0n) is 21.5. The third kappa shape index (κ3) is 5.12. The van der Waals surface area contributed by atoms with E-state index in [1.807, 2.05) is 26.0 Å². The molecule has 0 saturated carbocycles. The van der Waals surface area contributed by atoms with Crippen molar-refractivity contribution in [1.29, 1.82) is 0 Å². The first-order chi connectivity index (χ1) is 17.8. The number of piperidine rings is 1. The van der Waals surface area contributed by atoms with Gasteiger partial charge in [0.25, 0.3) is 5.91 Å². The summed E-state index contributed by atoms with van der Waals surface area (Å²) in [6, 6.07) is 10.1. The summed E-state index contributed by atoms with van der Waals surface area (Å²) in [6.45, 7) is 5.55. The highest BCUT2D eigenvalue weighted by Crippen LogP contribution is 2.37. The van der Waals surface area contributed by atoms with Gasteiger partial charge in [-0.05, 0) is 75.4 Å². The summed E-state index contributed by atoms with van der Waals surface area (Å²) in [5.74, 6) is 0.426. The third-order valence-electron chi connectivity index (χ3n) is 7.25. The number of hydrogen-bond acceptors (Lipinski definition) is 7. The summed E-state index contributed by atoms with van der Waals surface area (Å²) < 4.78 is 40.4. The summed E-state index contributed by atoms with van der Waals surface area (Å²) >= 11 is 1.45. The van der Waals surface area contributed by atoms with Crippen LogP contribution in [-0.4, -0.2) is 62.6 Å². The number of aryl methyl sites for hydroxylation is 1. The molecule has 37 heavy (non-hydrogen) atoms. The predicted octanol–water partition coefficient (Wildman–Crippen LogP) is 5.00. The quantitative estimate of drug-likeness (QED) is 0.417. The Morgan fingerprint density at radius 3 is 2.62 bits per heavy atom. The van der Waals surface area contributed by atoms with Crippen LogP contribution in [0.25, 0.3) is 10.2 Å². The highest BCUT2D eigenvalue weighted by Gasteiger charge is 2.32. The molecule has 2 fully saturated rings. The Morgan fingerprint density at radius 2 is 1.95 bits per heavy atom. The Kier molecular flexibility index (Phi) is 7.53. The van der Waals surface area contributed by atoms with Crippen molar-refractivity contribution in [2.24, 2.45) is 0 Å². The normalized spacial score (nSPS) is 20.8. The number of methoxy groups -OCH3 is 1. The topological polar surface area (TPSA) is 89.0 Å². The van der Waals surface area contributed by atoms with Gasteiger partial charge in [-0.2, -0.15) is 4.31 Å². The number of aromatic nitrogens is 1. The van der Waals surface area contributed by atoms with E-state index in [1.54, 1.807) is 40.6 Å². The molecule has 3 heterocycles. The van der Waals surface area contributed by atoms with E-state index in [4.69, 9.17) is 14.5 Å². The Morgan fingerprint density at radius 1 is 1.16 bits per heavy atom. The fraction of sp³-hybridized carbons (Fsp3) is 0.481. The molecule has 2 aliphatic rings. The van der Waals surface area contributed by atoms with Gasteiger partial charge >= 0.3 is 0 Å². The standard InChI is InChI=1S/C27H33N3O5S2/c1-18-9-14-23(34-3)24-25(18)36-27(28-24)29(17-21-8-6-16-35-21)26(31)20-10-12-22(13-11-20)37(32,33)30-15-5-4-7-19(30)2/h9-14,19,21H,4-8,15-17H2,1-3H3. The summed E-state index contributed by atoms with van der Waals surface area (Å²) in [4.78, 5) is 20.5. The first-order valence-corrected chi connectivity index (χ1v) is 15.0. The minimum Gasteiger partial charge on any atom is -0.494 e. The number of carbonyl (C=O) groups is 1. The molecule has 1 amide bonds. The Hall–Kier alpha value is -2.53. The second-order valence-corrected chi connectivity index (χ2v) is 12.7. The minimum absolute atomic E-state index is 0.0264. The van der Waals surface area contributed by atoms with Gasteiger partial charge in [-0.1, -0.05) is 23.8 Å². The largest absolute Gasteiger partial charge is 0.494 e. The molecular formula is C27H33N3O5S2. The average Bonchev–Trinajstić information content (AvgIpc) is 3.58. The van der Waals surface area contributed by atoms with E-state index in [2.05, 4.69) is 0 Å². The molecule has 0 N–H and O–H groups in total. The molecule has 2 atom stereocenters. The number of anilines is 1. The second kappa shape index (κ2) is 10.7. The SMILES string of the molecule is COc1ccc(C)c2sc(N(CC3CCCO3)C(=O)c3ccc(S(=O)(=O)N4CCCCC4C)cc3)nc12.